The molecule has 1 amide bonds. The molecule has 5 heteroatoms. The van der Waals surface area contributed by atoms with Crippen LogP contribution >= 0.6 is 12.4 Å². The highest BCUT2D eigenvalue weighted by molar-refractivity contribution is 5.94. The molecule has 1 aromatic rings. The highest BCUT2D eigenvalue weighted by atomic mass is 35.5. The molecule has 0 aliphatic carbocycles. The van der Waals surface area contributed by atoms with Gasteiger partial charge in [0.05, 0.1) is 6.61 Å². The fraction of sp³-hybridized carbons (Fsp3) is 0.588. The average molecular weight is 327 g/mol. The van der Waals surface area contributed by atoms with Gasteiger partial charge >= 0.3 is 0 Å². The molecule has 0 spiro atoms. The standard InChI is InChI=1S/C17H26N2O2.ClH/c1-3-4-12-21-16-9-7-14(8-10-16)17(20)19-11-5-6-15(19)13-18-2;/h7-10,15,18H,3-6,11-13H2,1-2H3;1H. The van der Waals surface area contributed by atoms with Crippen molar-refractivity contribution in [3.8, 4) is 5.75 Å². The van der Waals surface area contributed by atoms with Crippen LogP contribution in [0.2, 0.25) is 0 Å². The number of benzene rings is 1. The van der Waals surface area contributed by atoms with Crippen molar-refractivity contribution in [2.24, 2.45) is 0 Å². The van der Waals surface area contributed by atoms with Crippen LogP contribution in [0.15, 0.2) is 24.3 Å². The number of halogens is 1. The highest BCUT2D eigenvalue weighted by Crippen LogP contribution is 2.21. The Morgan fingerprint density at radius 2 is 2.09 bits per heavy atom. The van der Waals surface area contributed by atoms with Crippen LogP contribution in [0, 0.1) is 0 Å². The zero-order valence-electron chi connectivity index (χ0n) is 13.5. The number of likely N-dealkylation sites (N-methyl/N-ethyl adjacent to an activating group) is 1. The van der Waals surface area contributed by atoms with Crippen LogP contribution in [0.5, 0.6) is 5.75 Å². The maximum absolute atomic E-state index is 12.6. The number of unbranched alkanes of at least 4 members (excludes halogenated alkanes) is 1. The van der Waals surface area contributed by atoms with E-state index in [9.17, 15) is 4.79 Å². The van der Waals surface area contributed by atoms with E-state index in [4.69, 9.17) is 4.74 Å². The highest BCUT2D eigenvalue weighted by Gasteiger charge is 2.28. The second kappa shape index (κ2) is 9.70. The summed E-state index contributed by atoms with van der Waals surface area (Å²) >= 11 is 0. The van der Waals surface area contributed by atoms with Crippen molar-refractivity contribution in [2.75, 3.05) is 26.7 Å². The van der Waals surface area contributed by atoms with E-state index in [1.807, 2.05) is 36.2 Å². The maximum atomic E-state index is 12.6. The lowest BCUT2D eigenvalue weighted by Crippen LogP contribution is -2.40. The molecule has 1 aliphatic rings. The third-order valence-electron chi connectivity index (χ3n) is 3.95. The summed E-state index contributed by atoms with van der Waals surface area (Å²) in [5, 5.41) is 3.17. The van der Waals surface area contributed by atoms with Gasteiger partial charge in [-0.25, -0.2) is 0 Å². The van der Waals surface area contributed by atoms with Crippen molar-refractivity contribution in [3.63, 3.8) is 0 Å². The van der Waals surface area contributed by atoms with Gasteiger partial charge in [-0.05, 0) is 50.6 Å². The molecule has 0 bridgehead atoms. The number of hydrogen-bond donors (Lipinski definition) is 1. The fourth-order valence-corrected chi connectivity index (χ4v) is 2.74. The number of likely N-dealkylation sites (tertiary alicyclic amines) is 1. The Bertz CT molecular complexity index is 450. The molecule has 124 valence electrons. The topological polar surface area (TPSA) is 41.6 Å². The zero-order chi connectivity index (χ0) is 15.1. The molecule has 0 radical (unpaired) electrons. The Balaban J connectivity index is 0.00000242. The van der Waals surface area contributed by atoms with Crippen LogP contribution in [-0.4, -0.2) is 43.6 Å². The van der Waals surface area contributed by atoms with Crippen molar-refractivity contribution < 1.29 is 9.53 Å². The Morgan fingerprint density at radius 1 is 1.36 bits per heavy atom. The summed E-state index contributed by atoms with van der Waals surface area (Å²) < 4.78 is 5.63. The monoisotopic (exact) mass is 326 g/mol. The number of ether oxygens (including phenoxy) is 1. The lowest BCUT2D eigenvalue weighted by Gasteiger charge is -2.24. The smallest absolute Gasteiger partial charge is 0.254 e. The average Bonchev–Trinajstić information content (AvgIpc) is 2.96. The predicted octanol–water partition coefficient (Wildman–Crippen LogP) is 3.11. The summed E-state index contributed by atoms with van der Waals surface area (Å²) in [4.78, 5) is 14.6. The summed E-state index contributed by atoms with van der Waals surface area (Å²) in [5.41, 5.74) is 0.751. The first-order valence-corrected chi connectivity index (χ1v) is 7.94. The minimum Gasteiger partial charge on any atom is -0.494 e. The van der Waals surface area contributed by atoms with Crippen molar-refractivity contribution in [1.29, 1.82) is 0 Å². The van der Waals surface area contributed by atoms with E-state index in [1.54, 1.807) is 0 Å². The van der Waals surface area contributed by atoms with Gasteiger partial charge in [-0.2, -0.15) is 0 Å². The van der Waals surface area contributed by atoms with Gasteiger partial charge in [0.2, 0.25) is 0 Å². The Hall–Kier alpha value is -1.26. The first kappa shape index (κ1) is 18.8. The maximum Gasteiger partial charge on any atom is 0.254 e. The number of carbonyl (C=O) groups excluding carboxylic acids is 1. The molecule has 2 rings (SSSR count). The Kier molecular flexibility index (Phi) is 8.28. The van der Waals surface area contributed by atoms with Crippen molar-refractivity contribution in [3.05, 3.63) is 29.8 Å². The van der Waals surface area contributed by atoms with Crippen LogP contribution in [0.25, 0.3) is 0 Å². The van der Waals surface area contributed by atoms with Crippen LogP contribution in [0.4, 0.5) is 0 Å². The number of amides is 1. The van der Waals surface area contributed by atoms with Crippen LogP contribution in [0.3, 0.4) is 0 Å². The third-order valence-corrected chi connectivity index (χ3v) is 3.95. The van der Waals surface area contributed by atoms with Gasteiger partial charge in [0.15, 0.2) is 0 Å². The van der Waals surface area contributed by atoms with Crippen LogP contribution in [-0.2, 0) is 0 Å². The third kappa shape index (κ3) is 4.89. The minimum absolute atomic E-state index is 0. The lowest BCUT2D eigenvalue weighted by atomic mass is 10.1. The molecule has 1 aliphatic heterocycles. The number of hydrogen-bond acceptors (Lipinski definition) is 3. The summed E-state index contributed by atoms with van der Waals surface area (Å²) in [7, 11) is 1.93. The summed E-state index contributed by atoms with van der Waals surface area (Å²) in [6.45, 7) is 4.60. The molecule has 1 saturated heterocycles. The van der Waals surface area contributed by atoms with E-state index in [1.165, 1.54) is 0 Å². The number of rotatable bonds is 7. The van der Waals surface area contributed by atoms with Crippen molar-refractivity contribution >= 4 is 18.3 Å². The van der Waals surface area contributed by atoms with E-state index in [0.717, 1.165) is 56.7 Å². The van der Waals surface area contributed by atoms with Gasteiger partial charge in [-0.15, -0.1) is 12.4 Å². The van der Waals surface area contributed by atoms with E-state index in [-0.39, 0.29) is 18.3 Å². The molecule has 1 heterocycles. The predicted molar refractivity (Wildman–Crippen MR) is 92.1 cm³/mol. The molecule has 1 fully saturated rings. The molecular weight excluding hydrogens is 300 g/mol. The Morgan fingerprint density at radius 3 is 2.73 bits per heavy atom. The molecule has 0 aromatic heterocycles. The molecule has 22 heavy (non-hydrogen) atoms. The van der Waals surface area contributed by atoms with Gasteiger partial charge in [0.1, 0.15) is 5.75 Å². The molecule has 0 saturated carbocycles. The molecule has 1 N–H and O–H groups in total. The number of nitrogens with one attached hydrogen (secondary N) is 1. The van der Waals surface area contributed by atoms with Gasteiger partial charge in [-0.3, -0.25) is 4.79 Å². The Labute approximate surface area is 139 Å². The van der Waals surface area contributed by atoms with Crippen LogP contribution < -0.4 is 10.1 Å². The zero-order valence-corrected chi connectivity index (χ0v) is 14.3. The second-order valence-electron chi connectivity index (χ2n) is 5.58. The molecule has 1 unspecified atom stereocenters. The second-order valence-corrected chi connectivity index (χ2v) is 5.58. The van der Waals surface area contributed by atoms with Gasteiger partial charge in [0, 0.05) is 24.7 Å². The SMILES string of the molecule is CCCCOc1ccc(C(=O)N2CCCC2CNC)cc1.Cl. The first-order chi connectivity index (χ1) is 10.3. The largest absolute Gasteiger partial charge is 0.494 e. The van der Waals surface area contributed by atoms with Gasteiger partial charge in [-0.1, -0.05) is 13.3 Å². The lowest BCUT2D eigenvalue weighted by molar-refractivity contribution is 0.0737. The molecule has 1 atom stereocenters. The minimum atomic E-state index is 0. The number of carbonyl (C=O) groups is 1. The molecule has 1 aromatic carbocycles. The van der Waals surface area contributed by atoms with Crippen molar-refractivity contribution in [1.82, 2.24) is 10.2 Å². The van der Waals surface area contributed by atoms with Crippen molar-refractivity contribution in [2.45, 2.75) is 38.6 Å². The van der Waals surface area contributed by atoms with E-state index >= 15 is 0 Å². The van der Waals surface area contributed by atoms with E-state index < -0.39 is 0 Å². The molecular formula is C17H27ClN2O2. The van der Waals surface area contributed by atoms with Gasteiger partial charge < -0.3 is 15.0 Å². The fourth-order valence-electron chi connectivity index (χ4n) is 2.74. The van der Waals surface area contributed by atoms with E-state index in [0.29, 0.717) is 6.04 Å². The summed E-state index contributed by atoms with van der Waals surface area (Å²) in [6.07, 6.45) is 4.36. The van der Waals surface area contributed by atoms with Gasteiger partial charge in [0.25, 0.3) is 5.91 Å². The molecule has 4 nitrogen and oxygen atoms in total. The summed E-state index contributed by atoms with van der Waals surface area (Å²) in [6, 6.07) is 7.86. The normalized spacial score (nSPS) is 17.2. The number of nitrogens with zero attached hydrogens (tertiary/aromatic N) is 1. The van der Waals surface area contributed by atoms with E-state index in [2.05, 4.69) is 12.2 Å². The summed E-state index contributed by atoms with van der Waals surface area (Å²) in [5.74, 6) is 0.973. The quantitative estimate of drug-likeness (QED) is 0.783. The van der Waals surface area contributed by atoms with Crippen LogP contribution in [0.1, 0.15) is 43.0 Å². The first-order valence-electron chi connectivity index (χ1n) is 7.94.